The van der Waals surface area contributed by atoms with Crippen LogP contribution in [0.1, 0.15) is 21.9 Å². The van der Waals surface area contributed by atoms with E-state index < -0.39 is 11.5 Å². The van der Waals surface area contributed by atoms with Gasteiger partial charge in [-0.25, -0.2) is 4.98 Å². The van der Waals surface area contributed by atoms with Crippen LogP contribution in [-0.2, 0) is 0 Å². The van der Waals surface area contributed by atoms with Crippen LogP contribution in [0.25, 0.3) is 11.1 Å². The van der Waals surface area contributed by atoms with Crippen LogP contribution in [0.15, 0.2) is 39.5 Å². The summed E-state index contributed by atoms with van der Waals surface area (Å²) in [7, 11) is 0. The summed E-state index contributed by atoms with van der Waals surface area (Å²) in [4.78, 5) is 30.6. The maximum atomic E-state index is 12.1. The van der Waals surface area contributed by atoms with Crippen molar-refractivity contribution < 1.29 is 9.21 Å². The first kappa shape index (κ1) is 13.1. The highest BCUT2D eigenvalue weighted by Crippen LogP contribution is 2.19. The second kappa shape index (κ2) is 4.90. The number of amides is 1. The van der Waals surface area contributed by atoms with Gasteiger partial charge in [0.15, 0.2) is 11.5 Å². The van der Waals surface area contributed by atoms with E-state index in [1.807, 2.05) is 0 Å². The average molecular weight is 283 g/mol. The van der Waals surface area contributed by atoms with Crippen LogP contribution in [0.3, 0.4) is 0 Å². The Labute approximate surface area is 119 Å². The number of rotatable bonds is 2. The lowest BCUT2D eigenvalue weighted by molar-refractivity contribution is 0.102. The Balaban J connectivity index is 1.90. The van der Waals surface area contributed by atoms with Crippen LogP contribution in [0.4, 0.5) is 5.69 Å². The third-order valence-electron chi connectivity index (χ3n) is 3.05. The lowest BCUT2D eigenvalue weighted by atomic mass is 10.2. The van der Waals surface area contributed by atoms with Crippen molar-refractivity contribution in [3.05, 3.63) is 57.8 Å². The van der Waals surface area contributed by atoms with Gasteiger partial charge in [-0.15, -0.1) is 0 Å². The van der Waals surface area contributed by atoms with Gasteiger partial charge in [0.05, 0.1) is 0 Å². The number of oxazole rings is 1. The molecule has 0 aliphatic carbocycles. The summed E-state index contributed by atoms with van der Waals surface area (Å²) < 4.78 is 5.37. The lowest BCUT2D eigenvalue weighted by Gasteiger charge is -2.04. The first-order valence-electron chi connectivity index (χ1n) is 6.41. The molecule has 2 N–H and O–H groups in total. The normalized spacial score (nSPS) is 10.8. The van der Waals surface area contributed by atoms with Crippen LogP contribution in [0.5, 0.6) is 0 Å². The predicted molar refractivity (Wildman–Crippen MR) is 78.5 cm³/mol. The first-order valence-corrected chi connectivity index (χ1v) is 6.41. The third kappa shape index (κ3) is 2.55. The molecule has 106 valence electrons. The number of aromatic amines is 1. The molecule has 2 heterocycles. The van der Waals surface area contributed by atoms with Gasteiger partial charge in [0.2, 0.25) is 0 Å². The Morgan fingerprint density at radius 3 is 2.81 bits per heavy atom. The molecule has 1 aromatic carbocycles. The molecule has 1 amide bonds. The molecule has 3 aromatic rings. The van der Waals surface area contributed by atoms with E-state index in [2.05, 4.69) is 15.3 Å². The highest BCUT2D eigenvalue weighted by atomic mass is 16.3. The highest BCUT2D eigenvalue weighted by molar-refractivity contribution is 6.04. The van der Waals surface area contributed by atoms with E-state index in [0.717, 1.165) is 0 Å². The largest absolute Gasteiger partial charge is 0.441 e. The lowest BCUT2D eigenvalue weighted by Crippen LogP contribution is -2.23. The standard InChI is InChI=1S/C15H13N3O3/c1-8-3-5-11(14(19)16-8)15(20)18-10-4-6-13-12(7-10)17-9(2)21-13/h3-7H,1-2H3,(H,16,19)(H,18,20). The van der Waals surface area contributed by atoms with E-state index in [1.165, 1.54) is 6.07 Å². The number of H-pyrrole nitrogens is 1. The van der Waals surface area contributed by atoms with Crippen molar-refractivity contribution in [3.63, 3.8) is 0 Å². The number of hydrogen-bond acceptors (Lipinski definition) is 4. The van der Waals surface area contributed by atoms with E-state index in [0.29, 0.717) is 28.4 Å². The van der Waals surface area contributed by atoms with E-state index in [1.54, 1.807) is 38.1 Å². The topological polar surface area (TPSA) is 88.0 Å². The summed E-state index contributed by atoms with van der Waals surface area (Å²) in [5.74, 6) is 0.0965. The zero-order valence-corrected chi connectivity index (χ0v) is 11.6. The molecule has 0 aliphatic rings. The van der Waals surface area contributed by atoms with E-state index in [4.69, 9.17) is 4.42 Å². The van der Waals surface area contributed by atoms with Crippen molar-refractivity contribution in [1.82, 2.24) is 9.97 Å². The minimum absolute atomic E-state index is 0.0667. The van der Waals surface area contributed by atoms with E-state index >= 15 is 0 Å². The molecule has 3 rings (SSSR count). The molecule has 0 fully saturated rings. The molecule has 0 unspecified atom stereocenters. The highest BCUT2D eigenvalue weighted by Gasteiger charge is 2.11. The number of fused-ring (bicyclic) bond motifs is 1. The SMILES string of the molecule is Cc1ccc(C(=O)Nc2ccc3oc(C)nc3c2)c(=O)[nH]1. The molecule has 0 atom stereocenters. The average Bonchev–Trinajstić information content (AvgIpc) is 2.77. The fraction of sp³-hybridized carbons (Fsp3) is 0.133. The molecule has 0 radical (unpaired) electrons. The molecule has 21 heavy (non-hydrogen) atoms. The molecular weight excluding hydrogens is 270 g/mol. The number of carbonyl (C=O) groups is 1. The van der Waals surface area contributed by atoms with Crippen molar-refractivity contribution in [2.24, 2.45) is 0 Å². The van der Waals surface area contributed by atoms with Gasteiger partial charge in [-0.1, -0.05) is 0 Å². The van der Waals surface area contributed by atoms with Crippen molar-refractivity contribution in [2.75, 3.05) is 5.32 Å². The van der Waals surface area contributed by atoms with Crippen LogP contribution in [-0.4, -0.2) is 15.9 Å². The Hall–Kier alpha value is -2.89. The smallest absolute Gasteiger partial charge is 0.261 e. The number of nitrogens with zero attached hydrogens (tertiary/aromatic N) is 1. The Kier molecular flexibility index (Phi) is 3.06. The zero-order chi connectivity index (χ0) is 15.0. The van der Waals surface area contributed by atoms with Crippen LogP contribution in [0.2, 0.25) is 0 Å². The molecule has 2 aromatic heterocycles. The molecule has 6 heteroatoms. The minimum atomic E-state index is -0.462. The predicted octanol–water partition coefficient (Wildman–Crippen LogP) is 2.39. The molecule has 0 saturated heterocycles. The summed E-state index contributed by atoms with van der Waals surface area (Å²) in [6.07, 6.45) is 0. The fourth-order valence-corrected chi connectivity index (χ4v) is 2.07. The number of benzene rings is 1. The summed E-state index contributed by atoms with van der Waals surface area (Å²) in [5, 5.41) is 2.68. The third-order valence-corrected chi connectivity index (χ3v) is 3.05. The summed E-state index contributed by atoms with van der Waals surface area (Å²) in [6.45, 7) is 3.51. The van der Waals surface area contributed by atoms with Gasteiger partial charge in [0.25, 0.3) is 11.5 Å². The van der Waals surface area contributed by atoms with Gasteiger partial charge in [0, 0.05) is 18.3 Å². The Bertz CT molecular complexity index is 893. The maximum Gasteiger partial charge on any atom is 0.261 e. The molecule has 0 bridgehead atoms. The quantitative estimate of drug-likeness (QED) is 0.755. The van der Waals surface area contributed by atoms with Crippen molar-refractivity contribution in [1.29, 1.82) is 0 Å². The summed E-state index contributed by atoms with van der Waals surface area (Å²) in [5.41, 5.74) is 2.22. The van der Waals surface area contributed by atoms with Crippen molar-refractivity contribution in [2.45, 2.75) is 13.8 Å². The van der Waals surface area contributed by atoms with Gasteiger partial charge in [-0.3, -0.25) is 9.59 Å². The second-order valence-corrected chi connectivity index (χ2v) is 4.75. The van der Waals surface area contributed by atoms with Crippen LogP contribution >= 0.6 is 0 Å². The number of aryl methyl sites for hydroxylation is 2. The van der Waals surface area contributed by atoms with Gasteiger partial charge in [0.1, 0.15) is 11.1 Å². The number of aromatic nitrogens is 2. The monoisotopic (exact) mass is 283 g/mol. The van der Waals surface area contributed by atoms with Gasteiger partial charge in [-0.2, -0.15) is 0 Å². The zero-order valence-electron chi connectivity index (χ0n) is 11.6. The first-order chi connectivity index (χ1) is 10.0. The van der Waals surface area contributed by atoms with Crippen molar-refractivity contribution >= 4 is 22.7 Å². The number of nitrogens with one attached hydrogen (secondary N) is 2. The Morgan fingerprint density at radius 1 is 1.24 bits per heavy atom. The molecule has 0 saturated carbocycles. The molecular formula is C15H13N3O3. The van der Waals surface area contributed by atoms with Crippen molar-refractivity contribution in [3.8, 4) is 0 Å². The number of hydrogen-bond donors (Lipinski definition) is 2. The number of pyridine rings is 1. The van der Waals surface area contributed by atoms with Gasteiger partial charge in [-0.05, 0) is 37.3 Å². The number of anilines is 1. The fourth-order valence-electron chi connectivity index (χ4n) is 2.07. The van der Waals surface area contributed by atoms with E-state index in [-0.39, 0.29) is 5.56 Å². The Morgan fingerprint density at radius 2 is 2.05 bits per heavy atom. The van der Waals surface area contributed by atoms with Gasteiger partial charge < -0.3 is 14.7 Å². The summed E-state index contributed by atoms with van der Waals surface area (Å²) in [6, 6.07) is 8.31. The second-order valence-electron chi connectivity index (χ2n) is 4.75. The number of carbonyl (C=O) groups excluding carboxylic acids is 1. The molecule has 0 aliphatic heterocycles. The van der Waals surface area contributed by atoms with E-state index in [9.17, 15) is 9.59 Å². The maximum absolute atomic E-state index is 12.1. The van der Waals surface area contributed by atoms with Crippen LogP contribution < -0.4 is 10.9 Å². The minimum Gasteiger partial charge on any atom is -0.441 e. The van der Waals surface area contributed by atoms with Crippen LogP contribution in [0, 0.1) is 13.8 Å². The summed E-state index contributed by atoms with van der Waals surface area (Å²) >= 11 is 0. The molecule has 6 nitrogen and oxygen atoms in total. The molecule has 0 spiro atoms. The van der Waals surface area contributed by atoms with Gasteiger partial charge >= 0.3 is 0 Å².